The molecular formula is C11H12BrN3O2. The number of nitrogens with two attached hydrogens (primary N) is 1. The van der Waals surface area contributed by atoms with E-state index in [2.05, 4.69) is 26.6 Å². The van der Waals surface area contributed by atoms with Gasteiger partial charge in [0.2, 0.25) is 11.8 Å². The number of piperidine rings is 1. The molecule has 1 atom stereocenters. The number of carbonyl (C=O) groups excluding carboxylic acids is 2. The highest BCUT2D eigenvalue weighted by Crippen LogP contribution is 2.24. The largest absolute Gasteiger partial charge is 0.397 e. The molecule has 1 unspecified atom stereocenters. The fourth-order valence-corrected chi connectivity index (χ4v) is 2.06. The molecule has 1 aliphatic heterocycles. The van der Waals surface area contributed by atoms with E-state index >= 15 is 0 Å². The summed E-state index contributed by atoms with van der Waals surface area (Å²) in [7, 11) is 0. The van der Waals surface area contributed by atoms with E-state index in [1.807, 2.05) is 6.07 Å². The van der Waals surface area contributed by atoms with E-state index in [0.29, 0.717) is 24.2 Å². The summed E-state index contributed by atoms with van der Waals surface area (Å²) in [6.07, 6.45) is 0.833. The summed E-state index contributed by atoms with van der Waals surface area (Å²) in [6, 6.07) is 4.98. The fourth-order valence-electron chi connectivity index (χ4n) is 1.68. The van der Waals surface area contributed by atoms with Crippen molar-refractivity contribution in [1.29, 1.82) is 0 Å². The lowest BCUT2D eigenvalue weighted by atomic mass is 10.1. The molecule has 17 heavy (non-hydrogen) atoms. The van der Waals surface area contributed by atoms with E-state index in [1.165, 1.54) is 0 Å². The number of nitrogen functional groups attached to an aromatic ring is 1. The van der Waals surface area contributed by atoms with Gasteiger partial charge < -0.3 is 11.1 Å². The van der Waals surface area contributed by atoms with Crippen molar-refractivity contribution in [2.75, 3.05) is 11.1 Å². The number of nitrogens with one attached hydrogen (secondary N) is 2. The summed E-state index contributed by atoms with van der Waals surface area (Å²) < 4.78 is 0.879. The van der Waals surface area contributed by atoms with Crippen molar-refractivity contribution in [3.05, 3.63) is 22.7 Å². The van der Waals surface area contributed by atoms with Gasteiger partial charge in [0.1, 0.15) is 6.04 Å². The van der Waals surface area contributed by atoms with Crippen LogP contribution in [0.1, 0.15) is 12.8 Å². The number of anilines is 2. The average molecular weight is 298 g/mol. The molecule has 1 fully saturated rings. The first-order valence-corrected chi connectivity index (χ1v) is 6.01. The molecule has 0 spiro atoms. The molecule has 0 bridgehead atoms. The Morgan fingerprint density at radius 1 is 1.41 bits per heavy atom. The van der Waals surface area contributed by atoms with Gasteiger partial charge in [-0.05, 0) is 24.6 Å². The van der Waals surface area contributed by atoms with Crippen molar-refractivity contribution in [3.8, 4) is 0 Å². The standard InChI is InChI=1S/C11H12BrN3O2/c12-6-1-2-8(7(13)5-6)14-9-3-4-10(16)15-11(9)17/h1-2,5,9,14H,3-4,13H2,(H,15,16,17). The highest BCUT2D eigenvalue weighted by Gasteiger charge is 2.26. The van der Waals surface area contributed by atoms with Crippen LogP contribution in [-0.4, -0.2) is 17.9 Å². The van der Waals surface area contributed by atoms with E-state index in [1.54, 1.807) is 12.1 Å². The van der Waals surface area contributed by atoms with Gasteiger partial charge in [0.15, 0.2) is 0 Å². The van der Waals surface area contributed by atoms with Gasteiger partial charge in [0, 0.05) is 10.9 Å². The van der Waals surface area contributed by atoms with Crippen molar-refractivity contribution >= 4 is 39.1 Å². The molecule has 5 nitrogen and oxygen atoms in total. The lowest BCUT2D eigenvalue weighted by Gasteiger charge is -2.23. The second kappa shape index (κ2) is 4.75. The predicted molar refractivity (Wildman–Crippen MR) is 68.3 cm³/mol. The Morgan fingerprint density at radius 2 is 2.18 bits per heavy atom. The third kappa shape index (κ3) is 2.76. The number of halogens is 1. The van der Waals surface area contributed by atoms with Crippen molar-refractivity contribution in [1.82, 2.24) is 5.32 Å². The van der Waals surface area contributed by atoms with Crippen LogP contribution < -0.4 is 16.4 Å². The zero-order chi connectivity index (χ0) is 12.4. The third-order valence-corrected chi connectivity index (χ3v) is 3.08. The number of hydrogen-bond donors (Lipinski definition) is 3. The van der Waals surface area contributed by atoms with Crippen LogP contribution in [0.15, 0.2) is 22.7 Å². The van der Waals surface area contributed by atoms with Crippen LogP contribution in [0.2, 0.25) is 0 Å². The Balaban J connectivity index is 2.10. The van der Waals surface area contributed by atoms with Gasteiger partial charge in [-0.15, -0.1) is 0 Å². The number of benzene rings is 1. The molecule has 0 saturated carbocycles. The predicted octanol–water partition coefficient (Wildman–Crippen LogP) is 1.25. The van der Waals surface area contributed by atoms with Crippen LogP contribution >= 0.6 is 15.9 Å². The summed E-state index contributed by atoms with van der Waals surface area (Å²) in [5.74, 6) is -0.527. The average Bonchev–Trinajstić information content (AvgIpc) is 2.25. The highest BCUT2D eigenvalue weighted by atomic mass is 79.9. The fraction of sp³-hybridized carbons (Fsp3) is 0.273. The molecule has 0 radical (unpaired) electrons. The number of amides is 2. The number of rotatable bonds is 2. The first-order valence-electron chi connectivity index (χ1n) is 5.21. The van der Waals surface area contributed by atoms with Crippen molar-refractivity contribution in [3.63, 3.8) is 0 Å². The van der Waals surface area contributed by atoms with Gasteiger partial charge in [-0.25, -0.2) is 0 Å². The summed E-state index contributed by atoms with van der Waals surface area (Å²) in [5, 5.41) is 5.33. The molecule has 6 heteroatoms. The maximum atomic E-state index is 11.5. The monoisotopic (exact) mass is 297 g/mol. The van der Waals surface area contributed by atoms with E-state index in [-0.39, 0.29) is 11.8 Å². The first-order chi connectivity index (χ1) is 8.06. The topological polar surface area (TPSA) is 84.2 Å². The minimum Gasteiger partial charge on any atom is -0.397 e. The van der Waals surface area contributed by atoms with Crippen LogP contribution in [0.25, 0.3) is 0 Å². The van der Waals surface area contributed by atoms with Gasteiger partial charge in [0.05, 0.1) is 11.4 Å². The molecule has 1 heterocycles. The highest BCUT2D eigenvalue weighted by molar-refractivity contribution is 9.10. The molecule has 4 N–H and O–H groups in total. The maximum absolute atomic E-state index is 11.5. The second-order valence-electron chi connectivity index (χ2n) is 3.88. The second-order valence-corrected chi connectivity index (χ2v) is 4.80. The van der Waals surface area contributed by atoms with Gasteiger partial charge in [-0.1, -0.05) is 15.9 Å². The van der Waals surface area contributed by atoms with E-state index < -0.39 is 6.04 Å². The molecule has 0 aliphatic carbocycles. The SMILES string of the molecule is Nc1cc(Br)ccc1NC1CCC(=O)NC1=O. The molecule has 2 rings (SSSR count). The molecular weight excluding hydrogens is 286 g/mol. The molecule has 90 valence electrons. The zero-order valence-electron chi connectivity index (χ0n) is 9.00. The normalized spacial score (nSPS) is 19.9. The minimum atomic E-state index is -0.406. The Bertz CT molecular complexity index is 476. The maximum Gasteiger partial charge on any atom is 0.249 e. The van der Waals surface area contributed by atoms with Gasteiger partial charge in [-0.2, -0.15) is 0 Å². The van der Waals surface area contributed by atoms with E-state index in [0.717, 1.165) is 4.47 Å². The third-order valence-electron chi connectivity index (χ3n) is 2.58. The van der Waals surface area contributed by atoms with Crippen LogP contribution in [0, 0.1) is 0 Å². The van der Waals surface area contributed by atoms with Crippen molar-refractivity contribution in [2.24, 2.45) is 0 Å². The Kier molecular flexibility index (Phi) is 3.33. The summed E-state index contributed by atoms with van der Waals surface area (Å²) >= 11 is 3.31. The van der Waals surface area contributed by atoms with Crippen LogP contribution in [0.3, 0.4) is 0 Å². The zero-order valence-corrected chi connectivity index (χ0v) is 10.6. The summed E-state index contributed by atoms with van der Waals surface area (Å²) in [4.78, 5) is 22.5. The molecule has 1 aromatic rings. The Morgan fingerprint density at radius 3 is 2.82 bits per heavy atom. The van der Waals surface area contributed by atoms with Crippen LogP contribution in [0.5, 0.6) is 0 Å². The lowest BCUT2D eigenvalue weighted by molar-refractivity contribution is -0.133. The number of hydrogen-bond acceptors (Lipinski definition) is 4. The minimum absolute atomic E-state index is 0.225. The number of carbonyl (C=O) groups is 2. The summed E-state index contributed by atoms with van der Waals surface area (Å²) in [5.41, 5.74) is 7.08. The van der Waals surface area contributed by atoms with Gasteiger partial charge >= 0.3 is 0 Å². The Hall–Kier alpha value is -1.56. The number of imide groups is 1. The smallest absolute Gasteiger partial charge is 0.249 e. The van der Waals surface area contributed by atoms with Crippen molar-refractivity contribution < 1.29 is 9.59 Å². The molecule has 2 amide bonds. The molecule has 0 aromatic heterocycles. The van der Waals surface area contributed by atoms with E-state index in [9.17, 15) is 9.59 Å². The van der Waals surface area contributed by atoms with Gasteiger partial charge in [-0.3, -0.25) is 14.9 Å². The molecule has 1 aliphatic rings. The Labute approximate surface area is 107 Å². The van der Waals surface area contributed by atoms with Gasteiger partial charge in [0.25, 0.3) is 0 Å². The molecule has 1 aromatic carbocycles. The quantitative estimate of drug-likeness (QED) is 0.567. The summed E-state index contributed by atoms with van der Waals surface area (Å²) in [6.45, 7) is 0. The van der Waals surface area contributed by atoms with Crippen LogP contribution in [0.4, 0.5) is 11.4 Å². The molecule has 1 saturated heterocycles. The van der Waals surface area contributed by atoms with E-state index in [4.69, 9.17) is 5.73 Å². The van der Waals surface area contributed by atoms with Crippen LogP contribution in [-0.2, 0) is 9.59 Å². The first kappa shape index (κ1) is 11.9. The van der Waals surface area contributed by atoms with Crippen molar-refractivity contribution in [2.45, 2.75) is 18.9 Å². The lowest BCUT2D eigenvalue weighted by Crippen LogP contribution is -2.47.